The summed E-state index contributed by atoms with van der Waals surface area (Å²) in [6.07, 6.45) is 3.76. The lowest BCUT2D eigenvalue weighted by Gasteiger charge is -2.32. The van der Waals surface area contributed by atoms with Crippen LogP contribution in [0.3, 0.4) is 0 Å². The number of hydrogen-bond donors (Lipinski definition) is 1. The third kappa shape index (κ3) is 4.08. The molecule has 4 heterocycles. The molecular weight excluding hydrogens is 370 g/mol. The van der Waals surface area contributed by atoms with Crippen molar-refractivity contribution in [2.24, 2.45) is 13.0 Å². The van der Waals surface area contributed by atoms with Crippen molar-refractivity contribution in [3.8, 4) is 0 Å². The molecule has 29 heavy (non-hydrogen) atoms. The van der Waals surface area contributed by atoms with Crippen molar-refractivity contribution in [2.75, 3.05) is 36.4 Å². The average Bonchev–Trinajstić information content (AvgIpc) is 3.38. The first-order chi connectivity index (χ1) is 14.0. The van der Waals surface area contributed by atoms with E-state index >= 15 is 0 Å². The maximum atomic E-state index is 12.7. The van der Waals surface area contributed by atoms with Crippen LogP contribution in [-0.2, 0) is 11.8 Å². The molecule has 0 aromatic carbocycles. The number of nitrogens with one attached hydrogen (secondary N) is 1. The van der Waals surface area contributed by atoms with E-state index in [1.807, 2.05) is 35.9 Å². The van der Waals surface area contributed by atoms with E-state index in [-0.39, 0.29) is 17.7 Å². The Bertz CT molecular complexity index is 904. The first-order valence-corrected chi connectivity index (χ1v) is 10.2. The van der Waals surface area contributed by atoms with Crippen LogP contribution in [0.25, 0.3) is 0 Å². The Hall–Kier alpha value is -2.97. The normalized spacial score (nSPS) is 19.4. The van der Waals surface area contributed by atoms with Crippen LogP contribution >= 0.6 is 0 Å². The van der Waals surface area contributed by atoms with E-state index in [1.165, 1.54) is 0 Å². The van der Waals surface area contributed by atoms with E-state index in [1.54, 1.807) is 10.6 Å². The molecule has 2 aromatic heterocycles. The van der Waals surface area contributed by atoms with Crippen LogP contribution < -0.4 is 10.2 Å². The fraction of sp³-hybridized carbons (Fsp3) is 0.550. The summed E-state index contributed by atoms with van der Waals surface area (Å²) >= 11 is 0. The molecule has 0 bridgehead atoms. The number of aryl methyl sites for hydroxylation is 1. The number of hydrogen-bond acceptors (Lipinski definition) is 6. The molecule has 0 aliphatic carbocycles. The average molecular weight is 397 g/mol. The van der Waals surface area contributed by atoms with E-state index in [9.17, 15) is 9.59 Å². The minimum Gasteiger partial charge on any atom is -0.340 e. The highest BCUT2D eigenvalue weighted by Gasteiger charge is 2.31. The van der Waals surface area contributed by atoms with Gasteiger partial charge in [0.25, 0.3) is 5.91 Å². The molecule has 0 saturated carbocycles. The van der Waals surface area contributed by atoms with Gasteiger partial charge in [-0.05, 0) is 44.7 Å². The van der Waals surface area contributed by atoms with Crippen molar-refractivity contribution in [1.29, 1.82) is 0 Å². The van der Waals surface area contributed by atoms with Gasteiger partial charge in [-0.25, -0.2) is 4.98 Å². The molecule has 9 nitrogen and oxygen atoms in total. The monoisotopic (exact) mass is 397 g/mol. The van der Waals surface area contributed by atoms with Crippen molar-refractivity contribution in [2.45, 2.75) is 32.6 Å². The van der Waals surface area contributed by atoms with Gasteiger partial charge in [-0.1, -0.05) is 6.07 Å². The zero-order chi connectivity index (χ0) is 20.4. The van der Waals surface area contributed by atoms with Crippen LogP contribution in [0, 0.1) is 12.8 Å². The molecule has 0 radical (unpaired) electrons. The molecule has 2 aliphatic heterocycles. The predicted molar refractivity (Wildman–Crippen MR) is 109 cm³/mol. The van der Waals surface area contributed by atoms with Crippen LogP contribution in [0.1, 0.15) is 42.0 Å². The van der Waals surface area contributed by atoms with Gasteiger partial charge in [0.2, 0.25) is 17.7 Å². The summed E-state index contributed by atoms with van der Waals surface area (Å²) < 4.78 is 1.75. The molecular formula is C20H27N7O2. The third-order valence-electron chi connectivity index (χ3n) is 5.65. The lowest BCUT2D eigenvalue weighted by molar-refractivity contribution is -0.120. The largest absolute Gasteiger partial charge is 0.340 e. The Kier molecular flexibility index (Phi) is 5.46. The summed E-state index contributed by atoms with van der Waals surface area (Å²) in [6.45, 7) is 4.78. The lowest BCUT2D eigenvalue weighted by atomic mass is 9.97. The van der Waals surface area contributed by atoms with Gasteiger partial charge in [-0.3, -0.25) is 14.2 Å². The molecule has 9 heteroatoms. The second-order valence-electron chi connectivity index (χ2n) is 7.82. The molecule has 1 N–H and O–H groups in total. The topological polar surface area (TPSA) is 96.2 Å². The van der Waals surface area contributed by atoms with Gasteiger partial charge in [-0.15, -0.1) is 10.2 Å². The van der Waals surface area contributed by atoms with E-state index in [0.29, 0.717) is 24.1 Å². The van der Waals surface area contributed by atoms with E-state index < -0.39 is 0 Å². The van der Waals surface area contributed by atoms with Gasteiger partial charge >= 0.3 is 0 Å². The first kappa shape index (κ1) is 19.4. The summed E-state index contributed by atoms with van der Waals surface area (Å²) in [6, 6.07) is 5.57. The van der Waals surface area contributed by atoms with Crippen LogP contribution in [0.2, 0.25) is 0 Å². The number of anilines is 2. The first-order valence-electron chi connectivity index (χ1n) is 10.2. The molecule has 4 rings (SSSR count). The number of aromatic nitrogens is 4. The fourth-order valence-electron chi connectivity index (χ4n) is 4.06. The molecule has 2 aromatic rings. The van der Waals surface area contributed by atoms with E-state index in [4.69, 9.17) is 0 Å². The summed E-state index contributed by atoms with van der Waals surface area (Å²) in [5.41, 5.74) is 0.863. The molecule has 2 fully saturated rings. The molecule has 2 aliphatic rings. The van der Waals surface area contributed by atoms with Gasteiger partial charge in [0.1, 0.15) is 5.82 Å². The summed E-state index contributed by atoms with van der Waals surface area (Å²) in [4.78, 5) is 33.6. The van der Waals surface area contributed by atoms with Crippen LogP contribution in [-0.4, -0.2) is 62.6 Å². The van der Waals surface area contributed by atoms with Gasteiger partial charge in [0.15, 0.2) is 0 Å². The summed E-state index contributed by atoms with van der Waals surface area (Å²) in [5, 5.41) is 11.3. The summed E-state index contributed by atoms with van der Waals surface area (Å²) in [5.74, 6) is 1.30. The van der Waals surface area contributed by atoms with Crippen LogP contribution in [0.15, 0.2) is 18.2 Å². The minimum absolute atomic E-state index is 0.0386. The molecule has 2 amide bonds. The van der Waals surface area contributed by atoms with Gasteiger partial charge in [-0.2, -0.15) is 0 Å². The van der Waals surface area contributed by atoms with Gasteiger partial charge < -0.3 is 15.1 Å². The van der Waals surface area contributed by atoms with Crippen molar-refractivity contribution < 1.29 is 9.59 Å². The zero-order valence-electron chi connectivity index (χ0n) is 17.0. The highest BCUT2D eigenvalue weighted by Crippen LogP contribution is 2.24. The van der Waals surface area contributed by atoms with Gasteiger partial charge in [0, 0.05) is 38.9 Å². The van der Waals surface area contributed by atoms with Crippen molar-refractivity contribution in [3.63, 3.8) is 0 Å². The SMILES string of the molecule is Cc1cccc(NC(=O)C2CCCN(c3nnc(C(=O)N4CCCC4)n3C)C2)n1. The highest BCUT2D eigenvalue weighted by molar-refractivity contribution is 5.92. The van der Waals surface area contributed by atoms with Crippen LogP contribution in [0.4, 0.5) is 11.8 Å². The quantitative estimate of drug-likeness (QED) is 0.842. The number of nitrogens with zero attached hydrogens (tertiary/aromatic N) is 6. The second-order valence-corrected chi connectivity index (χ2v) is 7.82. The molecule has 154 valence electrons. The zero-order valence-corrected chi connectivity index (χ0v) is 17.0. The number of amides is 2. The van der Waals surface area contributed by atoms with Crippen molar-refractivity contribution in [3.05, 3.63) is 29.7 Å². The maximum Gasteiger partial charge on any atom is 0.291 e. The number of carbonyl (C=O) groups is 2. The molecule has 2 saturated heterocycles. The predicted octanol–water partition coefficient (Wildman–Crippen LogP) is 1.61. The standard InChI is InChI=1S/C20H27N7O2/c1-14-7-5-9-16(21-14)22-18(28)15-8-6-12-27(13-15)20-24-23-17(25(20)2)19(29)26-10-3-4-11-26/h5,7,9,15H,3-4,6,8,10-13H2,1-2H3,(H,21,22,28). The van der Waals surface area contributed by atoms with Crippen molar-refractivity contribution >= 4 is 23.6 Å². The minimum atomic E-state index is -0.166. The Balaban J connectivity index is 1.44. The summed E-state index contributed by atoms with van der Waals surface area (Å²) in [7, 11) is 1.82. The number of rotatable bonds is 4. The Labute approximate surface area is 170 Å². The lowest BCUT2D eigenvalue weighted by Crippen LogP contribution is -2.42. The highest BCUT2D eigenvalue weighted by atomic mass is 16.2. The van der Waals surface area contributed by atoms with Crippen LogP contribution in [0.5, 0.6) is 0 Å². The Morgan fingerprint density at radius 3 is 2.66 bits per heavy atom. The number of carbonyl (C=O) groups excluding carboxylic acids is 2. The second kappa shape index (κ2) is 8.18. The van der Waals surface area contributed by atoms with E-state index in [0.717, 1.165) is 51.0 Å². The Morgan fingerprint density at radius 2 is 1.90 bits per heavy atom. The molecule has 1 unspecified atom stereocenters. The number of likely N-dealkylation sites (tertiary alicyclic amines) is 1. The smallest absolute Gasteiger partial charge is 0.291 e. The maximum absolute atomic E-state index is 12.7. The molecule has 1 atom stereocenters. The number of piperidine rings is 1. The van der Waals surface area contributed by atoms with Gasteiger partial charge in [0.05, 0.1) is 5.92 Å². The third-order valence-corrected chi connectivity index (χ3v) is 5.65. The molecule has 0 spiro atoms. The fourth-order valence-corrected chi connectivity index (χ4v) is 4.06. The van der Waals surface area contributed by atoms with E-state index in [2.05, 4.69) is 20.5 Å². The Morgan fingerprint density at radius 1 is 1.10 bits per heavy atom. The number of pyridine rings is 1. The van der Waals surface area contributed by atoms with Crippen molar-refractivity contribution in [1.82, 2.24) is 24.6 Å².